The van der Waals surface area contributed by atoms with Crippen molar-refractivity contribution in [2.75, 3.05) is 36.5 Å². The number of nitrogens with zero attached hydrogens (tertiary/aromatic N) is 4. The molecule has 1 saturated carbocycles. The van der Waals surface area contributed by atoms with E-state index in [1.165, 1.54) is 4.57 Å². The van der Waals surface area contributed by atoms with E-state index in [-0.39, 0.29) is 18.9 Å². The molecule has 1 aliphatic carbocycles. The van der Waals surface area contributed by atoms with Crippen LogP contribution in [0.3, 0.4) is 0 Å². The average molecular weight is 464 g/mol. The van der Waals surface area contributed by atoms with E-state index in [1.54, 1.807) is 39.1 Å². The number of rotatable bonds is 4. The van der Waals surface area contributed by atoms with E-state index in [9.17, 15) is 13.6 Å². The Balaban J connectivity index is 1.64. The fourth-order valence-electron chi connectivity index (χ4n) is 4.00. The molecule has 10 heteroatoms. The first kappa shape index (κ1) is 23.4. The van der Waals surface area contributed by atoms with Gasteiger partial charge in [-0.1, -0.05) is 0 Å². The number of ether oxygens (including phenoxy) is 2. The molecule has 1 saturated heterocycles. The summed E-state index contributed by atoms with van der Waals surface area (Å²) in [5, 5.41) is 3.32. The van der Waals surface area contributed by atoms with Crippen LogP contribution in [-0.2, 0) is 9.47 Å². The van der Waals surface area contributed by atoms with Gasteiger partial charge in [-0.2, -0.15) is 0 Å². The summed E-state index contributed by atoms with van der Waals surface area (Å²) in [5.74, 6) is -0.988. The average Bonchev–Trinajstić information content (AvgIpc) is 3.25. The minimum atomic E-state index is -2.60. The van der Waals surface area contributed by atoms with Crippen molar-refractivity contribution in [1.82, 2.24) is 14.5 Å². The highest BCUT2D eigenvalue weighted by molar-refractivity contribution is 5.77. The van der Waals surface area contributed by atoms with Gasteiger partial charge in [0, 0.05) is 44.2 Å². The third-order valence-electron chi connectivity index (χ3n) is 5.68. The molecule has 0 spiro atoms. The van der Waals surface area contributed by atoms with Crippen LogP contribution >= 0.6 is 0 Å². The smallest absolute Gasteiger partial charge is 0.419 e. The topological polar surface area (TPSA) is 81.5 Å². The normalized spacial score (nSPS) is 19.4. The van der Waals surface area contributed by atoms with Gasteiger partial charge in [0.2, 0.25) is 5.92 Å². The van der Waals surface area contributed by atoms with Crippen LogP contribution in [0.25, 0.3) is 11.5 Å². The van der Waals surface area contributed by atoms with Gasteiger partial charge >= 0.3 is 6.09 Å². The number of aromatic nitrogens is 3. The zero-order valence-electron chi connectivity index (χ0n) is 19.3. The van der Waals surface area contributed by atoms with Crippen molar-refractivity contribution in [3.63, 3.8) is 0 Å². The summed E-state index contributed by atoms with van der Waals surface area (Å²) in [6.45, 7) is 7.96. The monoisotopic (exact) mass is 463 g/mol. The molecule has 2 aromatic heterocycles. The molecular weight excluding hydrogens is 432 g/mol. The van der Waals surface area contributed by atoms with Crippen LogP contribution < -0.4 is 10.2 Å². The zero-order chi connectivity index (χ0) is 23.6. The van der Waals surface area contributed by atoms with Crippen molar-refractivity contribution in [3.05, 3.63) is 24.4 Å². The van der Waals surface area contributed by atoms with Crippen molar-refractivity contribution in [2.24, 2.45) is 0 Å². The summed E-state index contributed by atoms with van der Waals surface area (Å²) in [4.78, 5) is 24.2. The predicted molar refractivity (Wildman–Crippen MR) is 121 cm³/mol. The van der Waals surface area contributed by atoms with E-state index in [0.29, 0.717) is 62.3 Å². The zero-order valence-corrected chi connectivity index (χ0v) is 19.3. The van der Waals surface area contributed by atoms with Gasteiger partial charge in [-0.25, -0.2) is 28.1 Å². The van der Waals surface area contributed by atoms with Crippen LogP contribution in [0.1, 0.15) is 46.5 Å². The third kappa shape index (κ3) is 5.98. The quantitative estimate of drug-likeness (QED) is 0.712. The molecule has 180 valence electrons. The van der Waals surface area contributed by atoms with E-state index < -0.39 is 17.6 Å². The second-order valence-corrected chi connectivity index (χ2v) is 9.55. The SMILES string of the molecule is CC(C)(C)OC(=O)n1cccc1-c1nc(NC2CCC(F)(F)CC2)cc(N2CCOCC2)n1. The second kappa shape index (κ2) is 9.24. The highest BCUT2D eigenvalue weighted by atomic mass is 19.3. The summed E-state index contributed by atoms with van der Waals surface area (Å²) in [6, 6.07) is 5.23. The van der Waals surface area contributed by atoms with E-state index >= 15 is 0 Å². The summed E-state index contributed by atoms with van der Waals surface area (Å²) >= 11 is 0. The first-order valence-electron chi connectivity index (χ1n) is 11.4. The second-order valence-electron chi connectivity index (χ2n) is 9.55. The minimum absolute atomic E-state index is 0.0949. The Hall–Kier alpha value is -2.75. The lowest BCUT2D eigenvalue weighted by Gasteiger charge is -2.30. The number of hydrogen-bond acceptors (Lipinski definition) is 7. The van der Waals surface area contributed by atoms with E-state index in [1.807, 2.05) is 6.07 Å². The number of morpholine rings is 1. The Labute approximate surface area is 192 Å². The Morgan fingerprint density at radius 1 is 1.21 bits per heavy atom. The molecule has 3 heterocycles. The maximum atomic E-state index is 13.6. The van der Waals surface area contributed by atoms with Crippen molar-refractivity contribution in [1.29, 1.82) is 0 Å². The molecule has 2 fully saturated rings. The fourth-order valence-corrected chi connectivity index (χ4v) is 4.00. The largest absolute Gasteiger partial charge is 0.443 e. The molecule has 0 aromatic carbocycles. The Morgan fingerprint density at radius 2 is 1.91 bits per heavy atom. The highest BCUT2D eigenvalue weighted by Gasteiger charge is 2.35. The van der Waals surface area contributed by atoms with E-state index in [2.05, 4.69) is 15.2 Å². The first-order chi connectivity index (χ1) is 15.6. The van der Waals surface area contributed by atoms with Gasteiger partial charge in [-0.3, -0.25) is 0 Å². The molecule has 1 N–H and O–H groups in total. The highest BCUT2D eigenvalue weighted by Crippen LogP contribution is 2.34. The van der Waals surface area contributed by atoms with Gasteiger partial charge in [-0.05, 0) is 45.7 Å². The van der Waals surface area contributed by atoms with Crippen LogP contribution in [0.5, 0.6) is 0 Å². The van der Waals surface area contributed by atoms with Gasteiger partial charge in [0.05, 0.1) is 18.9 Å². The summed E-state index contributed by atoms with van der Waals surface area (Å²) in [7, 11) is 0. The Bertz CT molecular complexity index is 973. The van der Waals surface area contributed by atoms with Gasteiger partial charge < -0.3 is 19.7 Å². The molecule has 0 atom stereocenters. The first-order valence-corrected chi connectivity index (χ1v) is 11.4. The lowest BCUT2D eigenvalue weighted by atomic mass is 9.92. The molecule has 0 amide bonds. The third-order valence-corrected chi connectivity index (χ3v) is 5.68. The summed E-state index contributed by atoms with van der Waals surface area (Å²) in [5.41, 5.74) is -0.150. The predicted octanol–water partition coefficient (Wildman–Crippen LogP) is 4.55. The number of hydrogen-bond donors (Lipinski definition) is 1. The number of anilines is 2. The van der Waals surface area contributed by atoms with Crippen LogP contribution in [0.15, 0.2) is 24.4 Å². The Kier molecular flexibility index (Phi) is 6.56. The molecule has 8 nitrogen and oxygen atoms in total. The van der Waals surface area contributed by atoms with Gasteiger partial charge in [0.15, 0.2) is 5.82 Å². The fraction of sp³-hybridized carbons (Fsp3) is 0.609. The molecule has 2 aromatic rings. The molecule has 0 unspecified atom stereocenters. The number of carbonyl (C=O) groups excluding carboxylic acids is 1. The number of carbonyl (C=O) groups is 1. The van der Waals surface area contributed by atoms with E-state index in [4.69, 9.17) is 14.5 Å². The standard InChI is InChI=1S/C23H31F2N5O3/c1-22(2,3)33-21(31)30-10-4-5-17(30)20-27-18(26-16-6-8-23(24,25)9-7-16)15-19(28-20)29-11-13-32-14-12-29/h4-5,10,15-16H,6-9,11-14H2,1-3H3,(H,26,27,28). The minimum Gasteiger partial charge on any atom is -0.443 e. The molecule has 0 radical (unpaired) electrons. The van der Waals surface area contributed by atoms with Crippen molar-refractivity contribution < 1.29 is 23.0 Å². The lowest BCUT2D eigenvalue weighted by molar-refractivity contribution is -0.0361. The number of halogens is 2. The molecule has 33 heavy (non-hydrogen) atoms. The molecular formula is C23H31F2N5O3. The molecule has 2 aliphatic rings. The lowest BCUT2D eigenvalue weighted by Crippen LogP contribution is -2.37. The van der Waals surface area contributed by atoms with Gasteiger partial charge in [0.1, 0.15) is 17.2 Å². The summed E-state index contributed by atoms with van der Waals surface area (Å²) < 4.78 is 39.5. The molecule has 4 rings (SSSR count). The number of nitrogens with one attached hydrogen (secondary N) is 1. The Morgan fingerprint density at radius 3 is 2.58 bits per heavy atom. The van der Waals surface area contributed by atoms with Crippen molar-refractivity contribution >= 4 is 17.7 Å². The van der Waals surface area contributed by atoms with E-state index in [0.717, 1.165) is 0 Å². The van der Waals surface area contributed by atoms with Crippen LogP contribution in [-0.4, -0.2) is 64.5 Å². The molecule has 0 bridgehead atoms. The maximum Gasteiger partial charge on any atom is 0.419 e. The summed E-state index contributed by atoms with van der Waals surface area (Å²) in [6.07, 6.45) is 1.55. The maximum absolute atomic E-state index is 13.6. The van der Waals surface area contributed by atoms with Crippen molar-refractivity contribution in [2.45, 2.75) is 64.0 Å². The van der Waals surface area contributed by atoms with Crippen molar-refractivity contribution in [3.8, 4) is 11.5 Å². The van der Waals surface area contributed by atoms with Crippen LogP contribution in [0.4, 0.5) is 25.2 Å². The van der Waals surface area contributed by atoms with Gasteiger partial charge in [-0.15, -0.1) is 0 Å². The van der Waals surface area contributed by atoms with Crippen LogP contribution in [0, 0.1) is 0 Å². The molecule has 1 aliphatic heterocycles. The van der Waals surface area contributed by atoms with Gasteiger partial charge in [0.25, 0.3) is 0 Å². The number of alkyl halides is 2. The van der Waals surface area contributed by atoms with Crippen LogP contribution in [0.2, 0.25) is 0 Å².